The summed E-state index contributed by atoms with van der Waals surface area (Å²) < 4.78 is 5.45. The van der Waals surface area contributed by atoms with Crippen LogP contribution < -0.4 is 5.32 Å². The van der Waals surface area contributed by atoms with Gasteiger partial charge in [0.05, 0.1) is 25.4 Å². The van der Waals surface area contributed by atoms with Gasteiger partial charge >= 0.3 is 5.97 Å². The van der Waals surface area contributed by atoms with Gasteiger partial charge in [-0.1, -0.05) is 256 Å². The van der Waals surface area contributed by atoms with Gasteiger partial charge in [0, 0.05) is 12.8 Å². The minimum absolute atomic E-state index is 0.00470. The lowest BCUT2D eigenvalue weighted by Gasteiger charge is -2.22. The van der Waals surface area contributed by atoms with E-state index in [1.54, 1.807) is 0 Å². The molecule has 0 saturated carbocycles. The molecule has 3 N–H and O–H groups in total. The zero-order chi connectivity index (χ0) is 47.2. The molecule has 0 aromatic carbocycles. The van der Waals surface area contributed by atoms with Crippen LogP contribution in [0.5, 0.6) is 0 Å². The van der Waals surface area contributed by atoms with Crippen LogP contribution in [0, 0.1) is 0 Å². The quantitative estimate of drug-likeness (QED) is 0.0321. The molecule has 0 aliphatic rings. The van der Waals surface area contributed by atoms with E-state index in [1.165, 1.54) is 238 Å². The second-order valence-corrected chi connectivity index (χ2v) is 20.0. The Morgan fingerprint density at radius 1 is 0.415 bits per heavy atom. The monoisotopic (exact) mass is 916 g/mol. The van der Waals surface area contributed by atoms with Crippen LogP contribution in [0.3, 0.4) is 0 Å². The Labute approximate surface area is 405 Å². The summed E-state index contributed by atoms with van der Waals surface area (Å²) in [4.78, 5) is 24.5. The highest BCUT2D eigenvalue weighted by atomic mass is 16.5. The number of aliphatic hydroxyl groups is 2. The lowest BCUT2D eigenvalue weighted by molar-refractivity contribution is -0.143. The molecule has 6 heteroatoms. The lowest BCUT2D eigenvalue weighted by atomic mass is 10.0. The van der Waals surface area contributed by atoms with Crippen LogP contribution in [-0.4, -0.2) is 47.4 Å². The van der Waals surface area contributed by atoms with Gasteiger partial charge in [0.2, 0.25) is 5.91 Å². The van der Waals surface area contributed by atoms with Crippen molar-refractivity contribution < 1.29 is 24.5 Å². The molecule has 0 fully saturated rings. The average molecular weight is 917 g/mol. The Balaban J connectivity index is 3.44. The Hall–Kier alpha value is -1.66. The second-order valence-electron chi connectivity index (χ2n) is 20.0. The molecular formula is C59H113NO5. The first-order valence-electron chi connectivity index (χ1n) is 29.1. The highest BCUT2D eigenvalue weighted by Gasteiger charge is 2.20. The number of unbranched alkanes of at least 4 members (excludes halogenated alkanes) is 39. The van der Waals surface area contributed by atoms with Crippen molar-refractivity contribution in [1.82, 2.24) is 5.32 Å². The maximum absolute atomic E-state index is 12.5. The fraction of sp³-hybridized carbons (Fsp3) is 0.898. The van der Waals surface area contributed by atoms with E-state index in [1.807, 2.05) is 0 Å². The number of carbonyl (C=O) groups excluding carboxylic acids is 2. The minimum atomic E-state index is -0.670. The molecule has 0 saturated heterocycles. The number of esters is 1. The number of ether oxygens (including phenoxy) is 1. The third kappa shape index (κ3) is 51.6. The summed E-state index contributed by atoms with van der Waals surface area (Å²) in [5.74, 6) is -0.0465. The van der Waals surface area contributed by atoms with Crippen LogP contribution in [0.1, 0.15) is 316 Å². The zero-order valence-electron chi connectivity index (χ0n) is 43.7. The Morgan fingerprint density at radius 2 is 0.738 bits per heavy atom. The summed E-state index contributed by atoms with van der Waals surface area (Å²) >= 11 is 0. The van der Waals surface area contributed by atoms with Gasteiger partial charge in [-0.15, -0.1) is 0 Å². The number of hydrogen-bond donors (Lipinski definition) is 3. The number of allylic oxidation sites excluding steroid dienone is 4. The normalized spacial score (nSPS) is 12.7. The topological polar surface area (TPSA) is 95.9 Å². The van der Waals surface area contributed by atoms with E-state index in [9.17, 15) is 19.8 Å². The van der Waals surface area contributed by atoms with Crippen LogP contribution in [0.2, 0.25) is 0 Å². The summed E-state index contributed by atoms with van der Waals surface area (Å²) in [6, 6.07) is -0.548. The summed E-state index contributed by atoms with van der Waals surface area (Å²) in [7, 11) is 0. The van der Waals surface area contributed by atoms with Crippen molar-refractivity contribution in [2.24, 2.45) is 0 Å². The van der Waals surface area contributed by atoms with Crippen LogP contribution in [0.4, 0.5) is 0 Å². The van der Waals surface area contributed by atoms with Gasteiger partial charge in [-0.05, 0) is 70.6 Å². The van der Waals surface area contributed by atoms with E-state index in [2.05, 4.69) is 43.5 Å². The maximum atomic E-state index is 12.5. The van der Waals surface area contributed by atoms with Crippen LogP contribution in [0.25, 0.3) is 0 Å². The molecular weight excluding hydrogens is 803 g/mol. The highest BCUT2D eigenvalue weighted by Crippen LogP contribution is 2.17. The summed E-state index contributed by atoms with van der Waals surface area (Å²) in [5, 5.41) is 23.3. The van der Waals surface area contributed by atoms with Gasteiger partial charge in [-0.3, -0.25) is 9.59 Å². The van der Waals surface area contributed by atoms with Crippen molar-refractivity contribution in [3.8, 4) is 0 Å². The fourth-order valence-corrected chi connectivity index (χ4v) is 8.97. The van der Waals surface area contributed by atoms with Gasteiger partial charge in [0.15, 0.2) is 0 Å². The van der Waals surface area contributed by atoms with Gasteiger partial charge < -0.3 is 20.3 Å². The molecule has 0 aromatic rings. The van der Waals surface area contributed by atoms with E-state index in [4.69, 9.17) is 4.74 Å². The van der Waals surface area contributed by atoms with Gasteiger partial charge in [0.1, 0.15) is 0 Å². The van der Waals surface area contributed by atoms with Crippen molar-refractivity contribution >= 4 is 11.9 Å². The van der Waals surface area contributed by atoms with Crippen LogP contribution in [-0.2, 0) is 14.3 Å². The predicted octanol–water partition coefficient (Wildman–Crippen LogP) is 17.9. The molecule has 6 nitrogen and oxygen atoms in total. The summed E-state index contributed by atoms with van der Waals surface area (Å²) in [6.45, 7) is 4.92. The first-order chi connectivity index (χ1) is 32.0. The number of hydrogen-bond acceptors (Lipinski definition) is 5. The van der Waals surface area contributed by atoms with Crippen molar-refractivity contribution in [3.05, 3.63) is 24.3 Å². The van der Waals surface area contributed by atoms with E-state index in [0.717, 1.165) is 44.9 Å². The first-order valence-corrected chi connectivity index (χ1v) is 29.1. The molecule has 65 heavy (non-hydrogen) atoms. The SMILES string of the molecule is CCCC/C=C\CCCCCCCC(=O)OCCCCCCCCCCC/C=C\CCCCCCCCCC(=O)NC(CO)C(O)CCCCCCCCCCCCCCCCCCC. The molecule has 0 heterocycles. The third-order valence-electron chi connectivity index (χ3n) is 13.5. The molecule has 384 valence electrons. The standard InChI is InChI=1S/C59H113NO5/c1-3-5-7-9-11-13-15-16-17-22-25-28-32-35-39-43-47-51-57(62)56(55-61)60-58(63)52-48-44-40-36-33-29-26-23-20-18-19-21-24-27-30-34-38-42-46-50-54-65-59(64)53-49-45-41-37-31-14-12-10-8-6-4-2/h10,12,18,20,56-57,61-62H,3-9,11,13-17,19,21-55H2,1-2H3,(H,60,63)/b12-10-,20-18-. The van der Waals surface area contributed by atoms with Crippen molar-refractivity contribution in [1.29, 1.82) is 0 Å². The van der Waals surface area contributed by atoms with Crippen molar-refractivity contribution in [3.63, 3.8) is 0 Å². The Bertz CT molecular complexity index is 1010. The minimum Gasteiger partial charge on any atom is -0.466 e. The smallest absolute Gasteiger partial charge is 0.305 e. The van der Waals surface area contributed by atoms with E-state index in [-0.39, 0.29) is 18.5 Å². The molecule has 0 radical (unpaired) electrons. The molecule has 0 aliphatic carbocycles. The zero-order valence-corrected chi connectivity index (χ0v) is 43.7. The second kappa shape index (κ2) is 54.9. The molecule has 2 unspecified atom stereocenters. The predicted molar refractivity (Wildman–Crippen MR) is 283 cm³/mol. The molecule has 0 rings (SSSR count). The van der Waals surface area contributed by atoms with Crippen LogP contribution in [0.15, 0.2) is 24.3 Å². The lowest BCUT2D eigenvalue weighted by Crippen LogP contribution is -2.45. The average Bonchev–Trinajstić information content (AvgIpc) is 3.31. The van der Waals surface area contributed by atoms with Crippen molar-refractivity contribution in [2.75, 3.05) is 13.2 Å². The number of aliphatic hydroxyl groups excluding tert-OH is 2. The molecule has 1 amide bonds. The molecule has 0 aliphatic heterocycles. The number of nitrogens with one attached hydrogen (secondary N) is 1. The molecule has 2 atom stereocenters. The van der Waals surface area contributed by atoms with E-state index >= 15 is 0 Å². The van der Waals surface area contributed by atoms with Gasteiger partial charge in [-0.2, -0.15) is 0 Å². The maximum Gasteiger partial charge on any atom is 0.305 e. The Morgan fingerprint density at radius 3 is 1.14 bits per heavy atom. The van der Waals surface area contributed by atoms with Gasteiger partial charge in [-0.25, -0.2) is 0 Å². The summed E-state index contributed by atoms with van der Waals surface area (Å²) in [5.41, 5.74) is 0. The number of carbonyl (C=O) groups is 2. The third-order valence-corrected chi connectivity index (χ3v) is 13.5. The molecule has 0 aromatic heterocycles. The largest absolute Gasteiger partial charge is 0.466 e. The molecule has 0 spiro atoms. The van der Waals surface area contributed by atoms with Crippen molar-refractivity contribution in [2.45, 2.75) is 328 Å². The highest BCUT2D eigenvalue weighted by molar-refractivity contribution is 5.76. The van der Waals surface area contributed by atoms with E-state index in [0.29, 0.717) is 25.9 Å². The van der Waals surface area contributed by atoms with E-state index < -0.39 is 12.1 Å². The Kier molecular flexibility index (Phi) is 53.5. The summed E-state index contributed by atoms with van der Waals surface area (Å²) in [6.07, 6.45) is 66.0. The number of rotatable bonds is 54. The number of amides is 1. The van der Waals surface area contributed by atoms with Crippen LogP contribution >= 0.6 is 0 Å². The molecule has 0 bridgehead atoms. The van der Waals surface area contributed by atoms with Gasteiger partial charge in [0.25, 0.3) is 0 Å². The first kappa shape index (κ1) is 63.3. The fourth-order valence-electron chi connectivity index (χ4n) is 8.97.